The fourth-order valence-corrected chi connectivity index (χ4v) is 1.99. The molecule has 17 heavy (non-hydrogen) atoms. The van der Waals surface area contributed by atoms with Gasteiger partial charge in [-0.2, -0.15) is 0 Å². The Bertz CT molecular complexity index is 548. The summed E-state index contributed by atoms with van der Waals surface area (Å²) < 4.78 is 8.11. The Labute approximate surface area is 113 Å². The van der Waals surface area contributed by atoms with E-state index in [1.54, 1.807) is 0 Å². The van der Waals surface area contributed by atoms with Crippen molar-refractivity contribution in [3.8, 4) is 0 Å². The Kier molecular flexibility index (Phi) is 3.66. The van der Waals surface area contributed by atoms with Crippen molar-refractivity contribution >= 4 is 34.2 Å². The van der Waals surface area contributed by atoms with E-state index in [2.05, 4.69) is 27.6 Å². The molecule has 4 nitrogen and oxygen atoms in total. The van der Waals surface area contributed by atoms with Crippen LogP contribution >= 0.6 is 22.6 Å². The number of carbonyl (C=O) groups is 1. The molecule has 0 aromatic carbocycles. The van der Waals surface area contributed by atoms with Gasteiger partial charge in [-0.15, -0.1) is 0 Å². The molecule has 5 heteroatoms. The summed E-state index contributed by atoms with van der Waals surface area (Å²) in [5, 5.41) is 0. The van der Waals surface area contributed by atoms with Crippen molar-refractivity contribution in [2.24, 2.45) is 0 Å². The molecule has 2 aromatic rings. The maximum absolute atomic E-state index is 11.5. The van der Waals surface area contributed by atoms with Crippen LogP contribution in [0.3, 0.4) is 0 Å². The molecule has 0 saturated heterocycles. The molecule has 0 N–H and O–H groups in total. The highest BCUT2D eigenvalue weighted by molar-refractivity contribution is 14.1. The van der Waals surface area contributed by atoms with Crippen LogP contribution in [0, 0.1) is 3.57 Å². The lowest BCUT2D eigenvalue weighted by atomic mass is 10.3. The van der Waals surface area contributed by atoms with Crippen LogP contribution in [-0.2, 0) is 16.0 Å². The second-order valence-corrected chi connectivity index (χ2v) is 5.30. The number of hydrogen-bond acceptors (Lipinski definition) is 3. The van der Waals surface area contributed by atoms with Gasteiger partial charge in [-0.25, -0.2) is 4.98 Å². The lowest BCUT2D eigenvalue weighted by molar-refractivity contribution is -0.146. The molecule has 0 bridgehead atoms. The van der Waals surface area contributed by atoms with E-state index in [4.69, 9.17) is 4.74 Å². The van der Waals surface area contributed by atoms with Gasteiger partial charge < -0.3 is 9.14 Å². The molecule has 0 radical (unpaired) electrons. The Morgan fingerprint density at radius 1 is 1.59 bits per heavy atom. The van der Waals surface area contributed by atoms with Gasteiger partial charge in [0.1, 0.15) is 5.65 Å². The number of rotatable bonds is 3. The smallest absolute Gasteiger partial charge is 0.312 e. The highest BCUT2D eigenvalue weighted by Gasteiger charge is 2.10. The average molecular weight is 344 g/mol. The Hall–Kier alpha value is -1.11. The van der Waals surface area contributed by atoms with E-state index >= 15 is 0 Å². The first-order valence-corrected chi connectivity index (χ1v) is 6.45. The molecule has 0 amide bonds. The second kappa shape index (κ2) is 5.03. The molecular weight excluding hydrogens is 331 g/mol. The van der Waals surface area contributed by atoms with E-state index in [1.165, 1.54) is 0 Å². The third-order valence-corrected chi connectivity index (χ3v) is 2.84. The van der Waals surface area contributed by atoms with E-state index in [9.17, 15) is 4.79 Å². The lowest BCUT2D eigenvalue weighted by Gasteiger charge is -2.05. The predicted octanol–water partition coefficient (Wildman–Crippen LogP) is 2.43. The molecule has 90 valence electrons. The minimum atomic E-state index is -0.238. The van der Waals surface area contributed by atoms with Crippen molar-refractivity contribution < 1.29 is 9.53 Å². The van der Waals surface area contributed by atoms with Gasteiger partial charge in [0.2, 0.25) is 0 Å². The summed E-state index contributed by atoms with van der Waals surface area (Å²) in [6.45, 7) is 3.67. The van der Waals surface area contributed by atoms with Gasteiger partial charge in [-0.05, 0) is 48.6 Å². The van der Waals surface area contributed by atoms with Crippen molar-refractivity contribution in [3.05, 3.63) is 33.8 Å². The minimum absolute atomic E-state index is 0.0829. The topological polar surface area (TPSA) is 43.6 Å². The number of nitrogens with zero attached hydrogens (tertiary/aromatic N) is 2. The average Bonchev–Trinajstić information content (AvgIpc) is 2.57. The van der Waals surface area contributed by atoms with Crippen LogP contribution in [0.4, 0.5) is 0 Å². The molecular formula is C12H13IN2O2. The highest BCUT2D eigenvalue weighted by atomic mass is 127. The largest absolute Gasteiger partial charge is 0.463 e. The molecule has 0 aliphatic carbocycles. The van der Waals surface area contributed by atoms with Crippen LogP contribution in [0.15, 0.2) is 24.5 Å². The molecule has 2 aromatic heterocycles. The summed E-state index contributed by atoms with van der Waals surface area (Å²) in [5.74, 6) is -0.238. The summed E-state index contributed by atoms with van der Waals surface area (Å²) in [4.78, 5) is 15.9. The summed E-state index contributed by atoms with van der Waals surface area (Å²) in [5.41, 5.74) is 1.59. The summed E-state index contributed by atoms with van der Waals surface area (Å²) in [6, 6.07) is 3.96. The zero-order valence-electron chi connectivity index (χ0n) is 9.68. The number of ether oxygens (including phenoxy) is 1. The molecule has 0 fully saturated rings. The molecule has 0 aliphatic rings. The summed E-state index contributed by atoms with van der Waals surface area (Å²) in [6.07, 6.45) is 3.92. The van der Waals surface area contributed by atoms with Crippen molar-refractivity contribution in [2.75, 3.05) is 0 Å². The van der Waals surface area contributed by atoms with E-state index in [0.717, 1.165) is 14.9 Å². The fourth-order valence-electron chi connectivity index (χ4n) is 1.55. The molecule has 0 aliphatic heterocycles. The highest BCUT2D eigenvalue weighted by Crippen LogP contribution is 2.11. The first-order valence-electron chi connectivity index (χ1n) is 5.37. The summed E-state index contributed by atoms with van der Waals surface area (Å²) >= 11 is 2.23. The number of halogens is 1. The molecule has 0 atom stereocenters. The van der Waals surface area contributed by atoms with Gasteiger partial charge in [0.15, 0.2) is 0 Å². The Balaban J connectivity index is 2.17. The Morgan fingerprint density at radius 3 is 3.06 bits per heavy atom. The molecule has 0 spiro atoms. The number of esters is 1. The van der Waals surface area contributed by atoms with Gasteiger partial charge in [0, 0.05) is 16.0 Å². The number of fused-ring (bicyclic) bond motifs is 1. The first kappa shape index (κ1) is 12.3. The lowest BCUT2D eigenvalue weighted by Crippen LogP contribution is -2.13. The van der Waals surface area contributed by atoms with E-state index in [1.807, 2.05) is 42.8 Å². The third-order valence-electron chi connectivity index (χ3n) is 2.16. The Morgan fingerprint density at radius 2 is 2.35 bits per heavy atom. The summed E-state index contributed by atoms with van der Waals surface area (Å²) in [7, 11) is 0. The van der Waals surface area contributed by atoms with Gasteiger partial charge in [0.05, 0.1) is 18.2 Å². The standard InChI is InChI=1S/C12H13IN2O2/c1-8(2)17-12(16)6-10-7-15-4-3-9(13)5-11(15)14-10/h3-5,7-8H,6H2,1-2H3. The van der Waals surface area contributed by atoms with Gasteiger partial charge in [-0.1, -0.05) is 0 Å². The quantitative estimate of drug-likeness (QED) is 0.635. The van der Waals surface area contributed by atoms with Crippen LogP contribution in [0.25, 0.3) is 5.65 Å². The van der Waals surface area contributed by atoms with Crippen molar-refractivity contribution in [2.45, 2.75) is 26.4 Å². The number of carbonyl (C=O) groups excluding carboxylic acids is 1. The molecule has 2 heterocycles. The zero-order chi connectivity index (χ0) is 12.4. The van der Waals surface area contributed by atoms with Crippen LogP contribution in [-0.4, -0.2) is 21.5 Å². The van der Waals surface area contributed by atoms with Crippen LogP contribution in [0.2, 0.25) is 0 Å². The van der Waals surface area contributed by atoms with Crippen molar-refractivity contribution in [3.63, 3.8) is 0 Å². The molecule has 2 rings (SSSR count). The van der Waals surface area contributed by atoms with Gasteiger partial charge >= 0.3 is 5.97 Å². The molecule has 0 saturated carbocycles. The fraction of sp³-hybridized carbons (Fsp3) is 0.333. The maximum atomic E-state index is 11.5. The van der Waals surface area contributed by atoms with E-state index in [-0.39, 0.29) is 18.5 Å². The SMILES string of the molecule is CC(C)OC(=O)Cc1cn2ccc(I)cc2n1. The monoisotopic (exact) mass is 344 g/mol. The minimum Gasteiger partial charge on any atom is -0.463 e. The second-order valence-electron chi connectivity index (χ2n) is 4.06. The van der Waals surface area contributed by atoms with Crippen LogP contribution < -0.4 is 0 Å². The number of pyridine rings is 1. The van der Waals surface area contributed by atoms with Crippen molar-refractivity contribution in [1.82, 2.24) is 9.38 Å². The van der Waals surface area contributed by atoms with Crippen molar-refractivity contribution in [1.29, 1.82) is 0 Å². The van der Waals surface area contributed by atoms with Crippen LogP contribution in [0.1, 0.15) is 19.5 Å². The predicted molar refractivity (Wildman–Crippen MR) is 72.8 cm³/mol. The van der Waals surface area contributed by atoms with E-state index < -0.39 is 0 Å². The normalized spacial score (nSPS) is 11.1. The number of imidazole rings is 1. The zero-order valence-corrected chi connectivity index (χ0v) is 11.8. The van der Waals surface area contributed by atoms with Crippen LogP contribution in [0.5, 0.6) is 0 Å². The maximum Gasteiger partial charge on any atom is 0.312 e. The third kappa shape index (κ3) is 3.18. The van der Waals surface area contributed by atoms with Gasteiger partial charge in [-0.3, -0.25) is 4.79 Å². The number of aromatic nitrogens is 2. The van der Waals surface area contributed by atoms with E-state index in [0.29, 0.717) is 0 Å². The first-order chi connectivity index (χ1) is 8.04. The van der Waals surface area contributed by atoms with Gasteiger partial charge in [0.25, 0.3) is 0 Å². The number of hydrogen-bond donors (Lipinski definition) is 0. The molecule has 0 unspecified atom stereocenters.